The Hall–Kier alpha value is -2.66. The molecule has 1 aliphatic carbocycles. The Labute approximate surface area is 166 Å². The molecule has 2 aromatic rings. The minimum absolute atomic E-state index is 0.0535. The van der Waals surface area contributed by atoms with Gasteiger partial charge in [0.25, 0.3) is 0 Å². The molecular weight excluding hydrogens is 350 g/mol. The van der Waals surface area contributed by atoms with Crippen molar-refractivity contribution in [2.75, 3.05) is 6.54 Å². The molecule has 0 spiro atoms. The van der Waals surface area contributed by atoms with Crippen molar-refractivity contribution in [1.29, 1.82) is 0 Å². The first-order valence-electron chi connectivity index (χ1n) is 9.88. The number of carbonyl (C=O) groups is 2. The molecule has 2 atom stereocenters. The predicted molar refractivity (Wildman–Crippen MR) is 111 cm³/mol. The summed E-state index contributed by atoms with van der Waals surface area (Å²) >= 11 is 0. The number of aldehydes is 1. The molecule has 1 fully saturated rings. The monoisotopic (exact) mass is 379 g/mol. The highest BCUT2D eigenvalue weighted by Crippen LogP contribution is 2.40. The van der Waals surface area contributed by atoms with Crippen LogP contribution in [0.5, 0.6) is 0 Å². The maximum Gasteiger partial charge on any atom is 0.315 e. The van der Waals surface area contributed by atoms with Crippen LogP contribution in [0.1, 0.15) is 51.5 Å². The van der Waals surface area contributed by atoms with E-state index in [0.717, 1.165) is 41.4 Å². The molecule has 0 radical (unpaired) electrons. The summed E-state index contributed by atoms with van der Waals surface area (Å²) in [6.45, 7) is 4.37. The molecule has 5 heteroatoms. The van der Waals surface area contributed by atoms with Crippen molar-refractivity contribution in [3.8, 4) is 0 Å². The van der Waals surface area contributed by atoms with Gasteiger partial charge in [0.05, 0.1) is 6.04 Å². The molecule has 0 aliphatic heterocycles. The number of benzene rings is 2. The molecule has 2 aromatic carbocycles. The summed E-state index contributed by atoms with van der Waals surface area (Å²) < 4.78 is 0. The summed E-state index contributed by atoms with van der Waals surface area (Å²) in [5.74, 6) is 0.517. The van der Waals surface area contributed by atoms with Crippen LogP contribution in [0.4, 0.5) is 4.79 Å². The molecule has 0 bridgehead atoms. The SMILES string of the molecule is Cc1cc(C=O)cc(C)c1C[C@H](N)CNC(=O)N[C@H](c1ccccc1)C1CC1. The second-order valence-corrected chi connectivity index (χ2v) is 7.80. The highest BCUT2D eigenvalue weighted by molar-refractivity contribution is 5.76. The second-order valence-electron chi connectivity index (χ2n) is 7.80. The lowest BCUT2D eigenvalue weighted by atomic mass is 9.94. The maximum absolute atomic E-state index is 12.4. The Morgan fingerprint density at radius 2 is 1.82 bits per heavy atom. The van der Waals surface area contributed by atoms with E-state index in [9.17, 15) is 9.59 Å². The number of aryl methyl sites for hydroxylation is 2. The lowest BCUT2D eigenvalue weighted by molar-refractivity contribution is 0.112. The van der Waals surface area contributed by atoms with Crippen molar-refractivity contribution < 1.29 is 9.59 Å². The molecule has 0 heterocycles. The number of nitrogens with one attached hydrogen (secondary N) is 2. The van der Waals surface area contributed by atoms with Crippen molar-refractivity contribution in [3.63, 3.8) is 0 Å². The van der Waals surface area contributed by atoms with Gasteiger partial charge in [-0.25, -0.2) is 4.79 Å². The standard InChI is InChI=1S/C23H29N3O2/c1-15-10-17(14-27)11-16(2)21(15)12-20(24)13-25-23(28)26-22(19-8-9-19)18-6-4-3-5-7-18/h3-7,10-11,14,19-20,22H,8-9,12-13,24H2,1-2H3,(H2,25,26,28)/t20-,22+/m0/s1. The molecule has 0 saturated heterocycles. The van der Waals surface area contributed by atoms with Crippen LogP contribution in [0.15, 0.2) is 42.5 Å². The van der Waals surface area contributed by atoms with Gasteiger partial charge in [-0.1, -0.05) is 30.3 Å². The molecule has 5 nitrogen and oxygen atoms in total. The Kier molecular flexibility index (Phi) is 6.47. The van der Waals surface area contributed by atoms with Crippen molar-refractivity contribution in [3.05, 3.63) is 70.3 Å². The van der Waals surface area contributed by atoms with Gasteiger partial charge in [-0.3, -0.25) is 4.79 Å². The molecular formula is C23H29N3O2. The number of urea groups is 1. The Morgan fingerprint density at radius 1 is 1.18 bits per heavy atom. The van der Waals surface area contributed by atoms with Gasteiger partial charge in [-0.05, 0) is 73.4 Å². The van der Waals surface area contributed by atoms with Crippen LogP contribution in [-0.2, 0) is 6.42 Å². The van der Waals surface area contributed by atoms with Crippen LogP contribution < -0.4 is 16.4 Å². The highest BCUT2D eigenvalue weighted by Gasteiger charge is 2.33. The van der Waals surface area contributed by atoms with E-state index in [2.05, 4.69) is 22.8 Å². The van der Waals surface area contributed by atoms with Crippen molar-refractivity contribution in [2.45, 2.75) is 45.2 Å². The van der Waals surface area contributed by atoms with Crippen LogP contribution in [-0.4, -0.2) is 24.9 Å². The quantitative estimate of drug-likeness (QED) is 0.614. The van der Waals surface area contributed by atoms with Gasteiger partial charge in [0, 0.05) is 18.2 Å². The molecule has 1 aliphatic rings. The molecule has 28 heavy (non-hydrogen) atoms. The molecule has 3 rings (SSSR count). The zero-order chi connectivity index (χ0) is 20.1. The number of hydrogen-bond donors (Lipinski definition) is 3. The number of hydrogen-bond acceptors (Lipinski definition) is 3. The van der Waals surface area contributed by atoms with Crippen molar-refractivity contribution >= 4 is 12.3 Å². The van der Waals surface area contributed by atoms with Crippen LogP contribution >= 0.6 is 0 Å². The van der Waals surface area contributed by atoms with Crippen LogP contribution in [0.3, 0.4) is 0 Å². The highest BCUT2D eigenvalue weighted by atomic mass is 16.2. The zero-order valence-corrected chi connectivity index (χ0v) is 16.6. The van der Waals surface area contributed by atoms with E-state index in [0.29, 0.717) is 24.4 Å². The Bertz CT molecular complexity index is 808. The van der Waals surface area contributed by atoms with E-state index in [1.807, 2.05) is 44.2 Å². The first-order chi connectivity index (χ1) is 13.5. The molecule has 148 valence electrons. The van der Waals surface area contributed by atoms with Crippen LogP contribution in [0.2, 0.25) is 0 Å². The predicted octanol–water partition coefficient (Wildman–Crippen LogP) is 3.44. The lowest BCUT2D eigenvalue weighted by Crippen LogP contribution is -2.44. The number of carbonyl (C=O) groups excluding carboxylic acids is 2. The summed E-state index contributed by atoms with van der Waals surface area (Å²) in [6, 6.07) is 13.5. The van der Waals surface area contributed by atoms with Gasteiger partial charge in [-0.2, -0.15) is 0 Å². The number of rotatable bonds is 8. The van der Waals surface area contributed by atoms with E-state index in [1.54, 1.807) is 0 Å². The molecule has 0 unspecified atom stereocenters. The van der Waals surface area contributed by atoms with Gasteiger partial charge < -0.3 is 16.4 Å². The van der Waals surface area contributed by atoms with Crippen LogP contribution in [0.25, 0.3) is 0 Å². The molecule has 4 N–H and O–H groups in total. The molecule has 0 aromatic heterocycles. The minimum Gasteiger partial charge on any atom is -0.337 e. The van der Waals surface area contributed by atoms with E-state index in [-0.39, 0.29) is 18.1 Å². The normalized spacial score (nSPS) is 15.5. The van der Waals surface area contributed by atoms with Crippen LogP contribution in [0, 0.1) is 19.8 Å². The van der Waals surface area contributed by atoms with Gasteiger partial charge in [-0.15, -0.1) is 0 Å². The average molecular weight is 380 g/mol. The zero-order valence-electron chi connectivity index (χ0n) is 16.6. The fourth-order valence-corrected chi connectivity index (χ4v) is 3.73. The smallest absolute Gasteiger partial charge is 0.315 e. The summed E-state index contributed by atoms with van der Waals surface area (Å²) in [4.78, 5) is 23.4. The van der Waals surface area contributed by atoms with Crippen molar-refractivity contribution in [1.82, 2.24) is 10.6 Å². The van der Waals surface area contributed by atoms with Gasteiger partial charge >= 0.3 is 6.03 Å². The van der Waals surface area contributed by atoms with Crippen molar-refractivity contribution in [2.24, 2.45) is 11.7 Å². The summed E-state index contributed by atoms with van der Waals surface area (Å²) in [6.07, 6.45) is 3.81. The fourth-order valence-electron chi connectivity index (χ4n) is 3.73. The fraction of sp³-hybridized carbons (Fsp3) is 0.391. The summed E-state index contributed by atoms with van der Waals surface area (Å²) in [5, 5.41) is 6.02. The third-order valence-corrected chi connectivity index (χ3v) is 5.38. The number of amides is 2. The topological polar surface area (TPSA) is 84.2 Å². The first kappa shape index (κ1) is 20.1. The lowest BCUT2D eigenvalue weighted by Gasteiger charge is -2.21. The average Bonchev–Trinajstić information content (AvgIpc) is 3.53. The third-order valence-electron chi connectivity index (χ3n) is 5.38. The molecule has 2 amide bonds. The minimum atomic E-state index is -0.193. The van der Waals surface area contributed by atoms with E-state index < -0.39 is 0 Å². The third kappa shape index (κ3) is 5.20. The Balaban J connectivity index is 1.53. The molecule has 1 saturated carbocycles. The van der Waals surface area contributed by atoms with E-state index >= 15 is 0 Å². The maximum atomic E-state index is 12.4. The number of nitrogens with two attached hydrogens (primary N) is 1. The summed E-state index contributed by atoms with van der Waals surface area (Å²) in [5.41, 5.74) is 11.3. The van der Waals surface area contributed by atoms with E-state index in [1.165, 1.54) is 0 Å². The second kappa shape index (κ2) is 9.02. The van der Waals surface area contributed by atoms with Gasteiger partial charge in [0.2, 0.25) is 0 Å². The van der Waals surface area contributed by atoms with Gasteiger partial charge in [0.15, 0.2) is 0 Å². The summed E-state index contributed by atoms with van der Waals surface area (Å²) in [7, 11) is 0. The van der Waals surface area contributed by atoms with E-state index in [4.69, 9.17) is 5.73 Å². The Morgan fingerprint density at radius 3 is 2.39 bits per heavy atom. The first-order valence-corrected chi connectivity index (χ1v) is 9.88. The largest absolute Gasteiger partial charge is 0.337 e. The van der Waals surface area contributed by atoms with Gasteiger partial charge in [0.1, 0.15) is 6.29 Å².